The lowest BCUT2D eigenvalue weighted by molar-refractivity contribution is 0.0219. The Hall–Kier alpha value is -4.08. The van der Waals surface area contributed by atoms with Crippen molar-refractivity contribution in [3.05, 3.63) is 59.4 Å². The van der Waals surface area contributed by atoms with Crippen molar-refractivity contribution >= 4 is 39.9 Å². The number of imidazole rings is 1. The number of aromatic amines is 1. The molecule has 0 unspecified atom stereocenters. The first-order valence-corrected chi connectivity index (χ1v) is 12.7. The van der Waals surface area contributed by atoms with Gasteiger partial charge in [0.25, 0.3) is 5.91 Å². The summed E-state index contributed by atoms with van der Waals surface area (Å²) in [5.41, 5.74) is 3.77. The summed E-state index contributed by atoms with van der Waals surface area (Å²) < 4.78 is 21.7. The number of ether oxygens (including phenoxy) is 1. The number of aryl methyl sites for hydroxylation is 2. The third-order valence-corrected chi connectivity index (χ3v) is 6.62. The second kappa shape index (κ2) is 9.34. The molecule has 1 fully saturated rings. The van der Waals surface area contributed by atoms with Crippen molar-refractivity contribution in [2.24, 2.45) is 0 Å². The molecule has 9 nitrogen and oxygen atoms in total. The highest BCUT2D eigenvalue weighted by Crippen LogP contribution is 2.33. The van der Waals surface area contributed by atoms with Gasteiger partial charge in [-0.15, -0.1) is 0 Å². The Balaban J connectivity index is 1.40. The van der Waals surface area contributed by atoms with Gasteiger partial charge in [-0.1, -0.05) is 0 Å². The molecule has 0 saturated carbocycles. The summed E-state index contributed by atoms with van der Waals surface area (Å²) in [6.45, 7) is 13.1. The molecule has 0 radical (unpaired) electrons. The fourth-order valence-electron chi connectivity index (χ4n) is 5.03. The number of nitrogens with zero attached hydrogens (tertiary/aromatic N) is 4. The SMILES string of the molecule is Cc1cn2cc(NC(=O)c3ccc(N4CCN(C(=O)OC(C)(C)C)C[C@H]4C)c4cc(C)[nH]c34)cc(F)c2n1. The number of H-pyrrole nitrogens is 1. The highest BCUT2D eigenvalue weighted by molar-refractivity contribution is 6.14. The second-order valence-corrected chi connectivity index (χ2v) is 11.0. The van der Waals surface area contributed by atoms with E-state index in [1.807, 2.05) is 39.8 Å². The molecule has 200 valence electrons. The van der Waals surface area contributed by atoms with Crippen molar-refractivity contribution < 1.29 is 18.7 Å². The number of piperazine rings is 1. The van der Waals surface area contributed by atoms with Crippen LogP contribution in [-0.2, 0) is 4.74 Å². The molecule has 1 atom stereocenters. The van der Waals surface area contributed by atoms with Gasteiger partial charge < -0.3 is 29.2 Å². The molecule has 0 bridgehead atoms. The van der Waals surface area contributed by atoms with Crippen LogP contribution in [0.5, 0.6) is 0 Å². The van der Waals surface area contributed by atoms with Crippen LogP contribution < -0.4 is 10.2 Å². The highest BCUT2D eigenvalue weighted by Gasteiger charge is 2.31. The summed E-state index contributed by atoms with van der Waals surface area (Å²) >= 11 is 0. The van der Waals surface area contributed by atoms with Gasteiger partial charge in [0.2, 0.25) is 0 Å². The minimum Gasteiger partial charge on any atom is -0.444 e. The van der Waals surface area contributed by atoms with Crippen LogP contribution in [0.1, 0.15) is 49.4 Å². The number of aromatic nitrogens is 3. The van der Waals surface area contributed by atoms with Crippen LogP contribution >= 0.6 is 0 Å². The lowest BCUT2D eigenvalue weighted by Gasteiger charge is -2.41. The number of hydrogen-bond acceptors (Lipinski definition) is 5. The Labute approximate surface area is 220 Å². The molecule has 3 aromatic heterocycles. The fraction of sp³-hybridized carbons (Fsp3) is 0.393. The van der Waals surface area contributed by atoms with Gasteiger partial charge in [0.15, 0.2) is 11.5 Å². The van der Waals surface area contributed by atoms with Crippen molar-refractivity contribution in [2.45, 2.75) is 53.2 Å². The zero-order chi connectivity index (χ0) is 27.4. The second-order valence-electron chi connectivity index (χ2n) is 11.0. The molecule has 4 heterocycles. The predicted octanol–water partition coefficient (Wildman–Crippen LogP) is 5.27. The topological polar surface area (TPSA) is 95.0 Å². The van der Waals surface area contributed by atoms with Crippen molar-refractivity contribution in [1.82, 2.24) is 19.3 Å². The standard InChI is InChI=1S/C28H33FN6O3/c1-16-11-21-23(35-10-9-33(14-18(35)3)27(37)38-28(4,5)6)8-7-20(24(21)30-16)26(36)32-19-12-22(29)25-31-17(2)13-34(25)15-19/h7-8,11-13,15,18,30H,9-10,14H2,1-6H3,(H,32,36)/t18-/m1/s1. The maximum Gasteiger partial charge on any atom is 0.410 e. The van der Waals surface area contributed by atoms with E-state index in [0.29, 0.717) is 42.1 Å². The number of carbonyl (C=O) groups excluding carboxylic acids is 2. The summed E-state index contributed by atoms with van der Waals surface area (Å²) in [7, 11) is 0. The molecular weight excluding hydrogens is 487 g/mol. The molecule has 1 aromatic carbocycles. The summed E-state index contributed by atoms with van der Waals surface area (Å²) in [6, 6.07) is 7.06. The average molecular weight is 521 g/mol. The first-order valence-electron chi connectivity index (χ1n) is 12.7. The zero-order valence-electron chi connectivity index (χ0n) is 22.6. The molecule has 1 aliphatic rings. The number of anilines is 2. The van der Waals surface area contributed by atoms with E-state index in [1.54, 1.807) is 34.7 Å². The van der Waals surface area contributed by atoms with E-state index in [0.717, 1.165) is 16.8 Å². The molecule has 2 amide bonds. The number of fused-ring (bicyclic) bond motifs is 2. The van der Waals surface area contributed by atoms with Gasteiger partial charge >= 0.3 is 6.09 Å². The van der Waals surface area contributed by atoms with Crippen molar-refractivity contribution in [1.29, 1.82) is 0 Å². The smallest absolute Gasteiger partial charge is 0.410 e. The monoisotopic (exact) mass is 520 g/mol. The van der Waals surface area contributed by atoms with E-state index >= 15 is 0 Å². The summed E-state index contributed by atoms with van der Waals surface area (Å²) in [5.74, 6) is -0.853. The number of amides is 2. The predicted molar refractivity (Wildman–Crippen MR) is 145 cm³/mol. The van der Waals surface area contributed by atoms with Gasteiger partial charge in [-0.25, -0.2) is 14.2 Å². The van der Waals surface area contributed by atoms with Gasteiger partial charge in [-0.2, -0.15) is 0 Å². The van der Waals surface area contributed by atoms with Gasteiger partial charge in [0, 0.05) is 60.9 Å². The summed E-state index contributed by atoms with van der Waals surface area (Å²) in [5, 5.41) is 3.74. The highest BCUT2D eigenvalue weighted by atomic mass is 19.1. The molecule has 2 N–H and O–H groups in total. The van der Waals surface area contributed by atoms with Crippen molar-refractivity contribution in [3.8, 4) is 0 Å². The maximum atomic E-state index is 14.5. The van der Waals surface area contributed by atoms with E-state index < -0.39 is 11.4 Å². The lowest BCUT2D eigenvalue weighted by atomic mass is 10.1. The molecular formula is C28H33FN6O3. The number of carbonyl (C=O) groups is 2. The quantitative estimate of drug-likeness (QED) is 0.384. The number of rotatable bonds is 3. The largest absolute Gasteiger partial charge is 0.444 e. The van der Waals surface area contributed by atoms with Crippen molar-refractivity contribution in [3.63, 3.8) is 0 Å². The van der Waals surface area contributed by atoms with E-state index in [1.165, 1.54) is 6.07 Å². The first-order chi connectivity index (χ1) is 17.9. The van der Waals surface area contributed by atoms with Crippen LogP contribution in [0.4, 0.5) is 20.6 Å². The number of benzene rings is 1. The molecule has 1 aliphatic heterocycles. The molecule has 0 spiro atoms. The molecule has 4 aromatic rings. The molecule has 10 heteroatoms. The lowest BCUT2D eigenvalue weighted by Crippen LogP contribution is -2.54. The van der Waals surface area contributed by atoms with Gasteiger partial charge in [0.1, 0.15) is 5.60 Å². The molecule has 5 rings (SSSR count). The van der Waals surface area contributed by atoms with Crippen LogP contribution in [0, 0.1) is 19.7 Å². The Morgan fingerprint density at radius 3 is 2.63 bits per heavy atom. The number of nitrogens with one attached hydrogen (secondary N) is 2. The minimum atomic E-state index is -0.544. The summed E-state index contributed by atoms with van der Waals surface area (Å²) in [4.78, 5) is 37.4. The van der Waals surface area contributed by atoms with Crippen LogP contribution in [0.3, 0.4) is 0 Å². The van der Waals surface area contributed by atoms with E-state index in [-0.39, 0.29) is 23.7 Å². The molecule has 38 heavy (non-hydrogen) atoms. The van der Waals surface area contributed by atoms with Crippen LogP contribution in [0.2, 0.25) is 0 Å². The third kappa shape index (κ3) is 4.90. The fourth-order valence-corrected chi connectivity index (χ4v) is 5.03. The summed E-state index contributed by atoms with van der Waals surface area (Å²) in [6.07, 6.45) is 3.05. The van der Waals surface area contributed by atoms with Gasteiger partial charge in [0.05, 0.1) is 22.5 Å². The Morgan fingerprint density at radius 2 is 1.92 bits per heavy atom. The van der Waals surface area contributed by atoms with E-state index in [2.05, 4.69) is 27.1 Å². The van der Waals surface area contributed by atoms with E-state index in [4.69, 9.17) is 4.74 Å². The molecule has 1 saturated heterocycles. The zero-order valence-corrected chi connectivity index (χ0v) is 22.6. The average Bonchev–Trinajstić information content (AvgIpc) is 3.39. The Kier molecular flexibility index (Phi) is 6.28. The van der Waals surface area contributed by atoms with Crippen LogP contribution in [0.15, 0.2) is 36.7 Å². The van der Waals surface area contributed by atoms with Crippen LogP contribution in [-0.4, -0.2) is 62.5 Å². The third-order valence-electron chi connectivity index (χ3n) is 6.62. The minimum absolute atomic E-state index is 0.0442. The normalized spacial score (nSPS) is 16.3. The van der Waals surface area contributed by atoms with Crippen molar-refractivity contribution in [2.75, 3.05) is 29.9 Å². The van der Waals surface area contributed by atoms with Gasteiger partial charge in [-0.05, 0) is 59.7 Å². The first kappa shape index (κ1) is 25.6. The maximum absolute atomic E-state index is 14.5. The number of halogens is 1. The Morgan fingerprint density at radius 1 is 1.16 bits per heavy atom. The van der Waals surface area contributed by atoms with Crippen LogP contribution in [0.25, 0.3) is 16.6 Å². The number of hydrogen-bond donors (Lipinski definition) is 2. The molecule has 0 aliphatic carbocycles. The van der Waals surface area contributed by atoms with E-state index in [9.17, 15) is 14.0 Å². The number of pyridine rings is 1. The Bertz CT molecular complexity index is 1550. The van der Waals surface area contributed by atoms with Gasteiger partial charge in [-0.3, -0.25) is 4.79 Å².